The fraction of sp³-hybridized carbons (Fsp3) is 0.182. The second-order valence-electron chi connectivity index (χ2n) is 3.56. The van der Waals surface area contributed by atoms with Crippen LogP contribution in [0.3, 0.4) is 0 Å². The fourth-order valence-electron chi connectivity index (χ4n) is 1.74. The molecule has 1 aromatic heterocycles. The molecule has 0 amide bonds. The van der Waals surface area contributed by atoms with Crippen LogP contribution in [0.1, 0.15) is 0 Å². The van der Waals surface area contributed by atoms with Crippen molar-refractivity contribution in [3.05, 3.63) is 22.8 Å². The summed E-state index contributed by atoms with van der Waals surface area (Å²) in [4.78, 5) is 0. The number of nitrogen functional groups attached to an aromatic ring is 1. The molecule has 17 heavy (non-hydrogen) atoms. The average Bonchev–Trinajstić information content (AvgIpc) is 2.76. The maximum Gasteiger partial charge on any atom is 0.229 e. The minimum atomic E-state index is 0.280. The maximum atomic E-state index is 5.70. The Kier molecular flexibility index (Phi) is 2.44. The lowest BCUT2D eigenvalue weighted by Gasteiger charge is -2.20. The Balaban J connectivity index is 2.16. The predicted octanol–water partition coefficient (Wildman–Crippen LogP) is 2.46. The molecule has 2 aromatic rings. The number of anilines is 1. The van der Waals surface area contributed by atoms with Crippen LogP contribution in [-0.4, -0.2) is 18.4 Å². The molecule has 0 unspecified atom stereocenters. The zero-order chi connectivity index (χ0) is 11.8. The van der Waals surface area contributed by atoms with Crippen LogP contribution in [0.15, 0.2) is 27.3 Å². The molecule has 0 saturated carbocycles. The molecule has 1 aromatic carbocycles. The van der Waals surface area contributed by atoms with Gasteiger partial charge < -0.3 is 19.7 Å². The van der Waals surface area contributed by atoms with Gasteiger partial charge in [-0.3, -0.25) is 0 Å². The van der Waals surface area contributed by atoms with Gasteiger partial charge in [-0.15, -0.1) is 0 Å². The molecule has 2 N–H and O–H groups in total. The number of aromatic nitrogens is 1. The molecule has 0 bridgehead atoms. The number of fused-ring (bicyclic) bond motifs is 1. The summed E-state index contributed by atoms with van der Waals surface area (Å²) < 4.78 is 16.7. The fourth-order valence-corrected chi connectivity index (χ4v) is 2.40. The maximum absolute atomic E-state index is 5.70. The largest absolute Gasteiger partial charge is 0.486 e. The van der Waals surface area contributed by atoms with Crippen molar-refractivity contribution in [2.75, 3.05) is 18.9 Å². The van der Waals surface area contributed by atoms with Crippen molar-refractivity contribution in [1.82, 2.24) is 5.16 Å². The first-order valence-electron chi connectivity index (χ1n) is 5.06. The van der Waals surface area contributed by atoms with E-state index in [2.05, 4.69) is 21.1 Å². The van der Waals surface area contributed by atoms with E-state index in [9.17, 15) is 0 Å². The van der Waals surface area contributed by atoms with Gasteiger partial charge in [-0.1, -0.05) is 5.16 Å². The summed E-state index contributed by atoms with van der Waals surface area (Å²) in [6.45, 7) is 1.10. The van der Waals surface area contributed by atoms with Gasteiger partial charge in [-0.25, -0.2) is 0 Å². The number of halogens is 1. The second kappa shape index (κ2) is 3.96. The Bertz CT molecular complexity index is 568. The standard InChI is InChI=1S/C11H9BrN2O3/c12-9-6(7-5-14-17-11(7)13)1-2-8-10(9)16-4-3-15-8/h1-2,5H,3-4,13H2. The van der Waals surface area contributed by atoms with Gasteiger partial charge in [-0.05, 0) is 28.1 Å². The Morgan fingerprint density at radius 1 is 1.18 bits per heavy atom. The number of hydrogen-bond acceptors (Lipinski definition) is 5. The highest BCUT2D eigenvalue weighted by atomic mass is 79.9. The quantitative estimate of drug-likeness (QED) is 0.875. The van der Waals surface area contributed by atoms with Crippen molar-refractivity contribution in [3.63, 3.8) is 0 Å². The molecule has 1 aliphatic rings. The van der Waals surface area contributed by atoms with Crippen LogP contribution in [0.25, 0.3) is 11.1 Å². The number of rotatable bonds is 1. The zero-order valence-corrected chi connectivity index (χ0v) is 10.4. The van der Waals surface area contributed by atoms with E-state index in [-0.39, 0.29) is 5.88 Å². The number of nitrogens with zero attached hydrogens (tertiary/aromatic N) is 1. The van der Waals surface area contributed by atoms with E-state index in [1.165, 1.54) is 0 Å². The molecule has 5 nitrogen and oxygen atoms in total. The van der Waals surface area contributed by atoms with E-state index < -0.39 is 0 Å². The van der Waals surface area contributed by atoms with Gasteiger partial charge in [0.1, 0.15) is 13.2 Å². The van der Waals surface area contributed by atoms with Crippen LogP contribution in [0.4, 0.5) is 5.88 Å². The molecule has 1 aliphatic heterocycles. The average molecular weight is 297 g/mol. The Hall–Kier alpha value is -1.69. The summed E-state index contributed by atoms with van der Waals surface area (Å²) in [7, 11) is 0. The summed E-state index contributed by atoms with van der Waals surface area (Å²) in [6.07, 6.45) is 1.57. The molecule has 6 heteroatoms. The van der Waals surface area contributed by atoms with Crippen molar-refractivity contribution in [3.8, 4) is 22.6 Å². The van der Waals surface area contributed by atoms with Gasteiger partial charge in [-0.2, -0.15) is 0 Å². The van der Waals surface area contributed by atoms with Gasteiger partial charge >= 0.3 is 0 Å². The molecule has 88 valence electrons. The van der Waals surface area contributed by atoms with Crippen LogP contribution in [-0.2, 0) is 0 Å². The number of ether oxygens (including phenoxy) is 2. The first-order valence-corrected chi connectivity index (χ1v) is 5.85. The Morgan fingerprint density at radius 3 is 2.76 bits per heavy atom. The molecule has 2 heterocycles. The summed E-state index contributed by atoms with van der Waals surface area (Å²) in [5.41, 5.74) is 7.29. The van der Waals surface area contributed by atoms with Gasteiger partial charge in [0, 0.05) is 5.56 Å². The minimum absolute atomic E-state index is 0.280. The second-order valence-corrected chi connectivity index (χ2v) is 4.35. The van der Waals surface area contributed by atoms with Crippen LogP contribution >= 0.6 is 15.9 Å². The third kappa shape index (κ3) is 1.64. The van der Waals surface area contributed by atoms with E-state index in [4.69, 9.17) is 19.7 Å². The summed E-state index contributed by atoms with van der Waals surface area (Å²) in [5, 5.41) is 3.66. The SMILES string of the molecule is Nc1oncc1-c1ccc2c(c1Br)OCCO2. The third-order valence-electron chi connectivity index (χ3n) is 2.54. The van der Waals surface area contributed by atoms with Crippen molar-refractivity contribution >= 4 is 21.8 Å². The molecule has 3 rings (SSSR count). The number of nitrogens with two attached hydrogens (primary N) is 1. The molecule has 0 fully saturated rings. The smallest absolute Gasteiger partial charge is 0.229 e. The number of hydrogen-bond donors (Lipinski definition) is 1. The first-order chi connectivity index (χ1) is 8.27. The lowest BCUT2D eigenvalue weighted by molar-refractivity contribution is 0.170. The molecule has 0 aliphatic carbocycles. The van der Waals surface area contributed by atoms with Crippen molar-refractivity contribution in [1.29, 1.82) is 0 Å². The van der Waals surface area contributed by atoms with E-state index in [1.54, 1.807) is 6.20 Å². The van der Waals surface area contributed by atoms with E-state index >= 15 is 0 Å². The van der Waals surface area contributed by atoms with Gasteiger partial charge in [0.25, 0.3) is 0 Å². The highest BCUT2D eigenvalue weighted by Crippen LogP contribution is 2.44. The lowest BCUT2D eigenvalue weighted by atomic mass is 10.1. The van der Waals surface area contributed by atoms with E-state index in [1.807, 2.05) is 12.1 Å². The minimum Gasteiger partial charge on any atom is -0.486 e. The third-order valence-corrected chi connectivity index (χ3v) is 3.32. The van der Waals surface area contributed by atoms with Crippen molar-refractivity contribution in [2.45, 2.75) is 0 Å². The zero-order valence-electron chi connectivity index (χ0n) is 8.77. The van der Waals surface area contributed by atoms with E-state index in [0.717, 1.165) is 21.3 Å². The number of benzene rings is 1. The molecule has 0 spiro atoms. The summed E-state index contributed by atoms with van der Waals surface area (Å²) in [6, 6.07) is 3.74. The molecule has 0 radical (unpaired) electrons. The van der Waals surface area contributed by atoms with Crippen molar-refractivity contribution < 1.29 is 14.0 Å². The van der Waals surface area contributed by atoms with Gasteiger partial charge in [0.05, 0.1) is 16.2 Å². The normalized spacial score (nSPS) is 13.7. The summed E-state index contributed by atoms with van der Waals surface area (Å²) >= 11 is 3.49. The van der Waals surface area contributed by atoms with Gasteiger partial charge in [0.2, 0.25) is 5.88 Å². The molecule has 0 saturated heterocycles. The Labute approximate surface area is 106 Å². The van der Waals surface area contributed by atoms with Crippen LogP contribution in [0.5, 0.6) is 11.5 Å². The van der Waals surface area contributed by atoms with E-state index in [0.29, 0.717) is 19.0 Å². The highest BCUT2D eigenvalue weighted by molar-refractivity contribution is 9.10. The lowest BCUT2D eigenvalue weighted by Crippen LogP contribution is -2.15. The Morgan fingerprint density at radius 2 is 2.00 bits per heavy atom. The van der Waals surface area contributed by atoms with Gasteiger partial charge in [0.15, 0.2) is 11.5 Å². The predicted molar refractivity (Wildman–Crippen MR) is 65.0 cm³/mol. The van der Waals surface area contributed by atoms with Crippen LogP contribution in [0, 0.1) is 0 Å². The molecular formula is C11H9BrN2O3. The molecular weight excluding hydrogens is 288 g/mol. The first kappa shape index (κ1) is 10.5. The van der Waals surface area contributed by atoms with Crippen LogP contribution in [0.2, 0.25) is 0 Å². The van der Waals surface area contributed by atoms with Crippen molar-refractivity contribution in [2.24, 2.45) is 0 Å². The van der Waals surface area contributed by atoms with Crippen LogP contribution < -0.4 is 15.2 Å². The highest BCUT2D eigenvalue weighted by Gasteiger charge is 2.20. The molecule has 0 atom stereocenters. The topological polar surface area (TPSA) is 70.5 Å². The summed E-state index contributed by atoms with van der Waals surface area (Å²) in [5.74, 6) is 1.69. The monoisotopic (exact) mass is 296 g/mol.